The van der Waals surface area contributed by atoms with Crippen molar-refractivity contribution in [3.8, 4) is 6.07 Å². The lowest BCUT2D eigenvalue weighted by atomic mass is 9.97. The van der Waals surface area contributed by atoms with Gasteiger partial charge in [0.25, 0.3) is 0 Å². The molecule has 0 radical (unpaired) electrons. The summed E-state index contributed by atoms with van der Waals surface area (Å²) in [5.74, 6) is -0.902. The second-order valence-corrected chi connectivity index (χ2v) is 6.41. The van der Waals surface area contributed by atoms with Crippen molar-refractivity contribution < 1.29 is 9.90 Å². The van der Waals surface area contributed by atoms with Crippen LogP contribution in [0.2, 0.25) is 0 Å². The zero-order chi connectivity index (χ0) is 17.3. The molecule has 0 aliphatic rings. The molecular weight excluding hydrogens is 286 g/mol. The molecule has 0 atom stereocenters. The summed E-state index contributed by atoms with van der Waals surface area (Å²) in [4.78, 5) is 11.4. The molecule has 0 spiro atoms. The summed E-state index contributed by atoms with van der Waals surface area (Å²) in [6.07, 6.45) is 14.9. The van der Waals surface area contributed by atoms with Gasteiger partial charge >= 0.3 is 5.97 Å². The van der Waals surface area contributed by atoms with Crippen molar-refractivity contribution in [1.29, 1.82) is 5.26 Å². The van der Waals surface area contributed by atoms with E-state index in [0.29, 0.717) is 24.0 Å². The van der Waals surface area contributed by atoms with E-state index in [0.717, 1.165) is 25.7 Å². The summed E-state index contributed by atoms with van der Waals surface area (Å²) in [7, 11) is 0. The number of nitriles is 1. The van der Waals surface area contributed by atoms with Crippen LogP contribution in [0.15, 0.2) is 11.1 Å². The molecule has 23 heavy (non-hydrogen) atoms. The van der Waals surface area contributed by atoms with Gasteiger partial charge in [-0.25, -0.2) is 4.79 Å². The predicted molar refractivity (Wildman–Crippen MR) is 96.3 cm³/mol. The Balaban J connectivity index is 4.22. The molecule has 3 heteroatoms. The Morgan fingerprint density at radius 1 is 0.783 bits per heavy atom. The van der Waals surface area contributed by atoms with Crippen LogP contribution in [0, 0.1) is 11.3 Å². The lowest BCUT2D eigenvalue weighted by Gasteiger charge is -2.07. The van der Waals surface area contributed by atoms with Crippen LogP contribution in [0.25, 0.3) is 0 Å². The third-order valence-corrected chi connectivity index (χ3v) is 4.32. The standard InChI is InChI=1S/C20H35NO2/c1-3-5-7-9-11-13-15-18(17-21)19(20(22)23)16-14-12-10-8-6-4-2/h3-16H2,1-2H3,(H,22,23). The molecule has 0 aliphatic carbocycles. The molecule has 0 heterocycles. The Morgan fingerprint density at radius 2 is 1.22 bits per heavy atom. The molecule has 132 valence electrons. The van der Waals surface area contributed by atoms with Gasteiger partial charge in [-0.2, -0.15) is 5.26 Å². The predicted octanol–water partition coefficient (Wildman–Crippen LogP) is 6.39. The number of rotatable bonds is 15. The Labute approximate surface area is 142 Å². The third-order valence-electron chi connectivity index (χ3n) is 4.32. The van der Waals surface area contributed by atoms with Crippen molar-refractivity contribution in [1.82, 2.24) is 0 Å². The van der Waals surface area contributed by atoms with Gasteiger partial charge in [0.15, 0.2) is 0 Å². The molecule has 1 N–H and O–H groups in total. The van der Waals surface area contributed by atoms with Gasteiger partial charge in [0.1, 0.15) is 0 Å². The van der Waals surface area contributed by atoms with Crippen LogP contribution in [0.5, 0.6) is 0 Å². The van der Waals surface area contributed by atoms with E-state index in [1.165, 1.54) is 51.4 Å². The minimum Gasteiger partial charge on any atom is -0.478 e. The fourth-order valence-electron chi connectivity index (χ4n) is 2.83. The molecule has 3 nitrogen and oxygen atoms in total. The number of hydrogen-bond acceptors (Lipinski definition) is 2. The molecule has 0 amide bonds. The van der Waals surface area contributed by atoms with E-state index in [2.05, 4.69) is 19.9 Å². The number of carboxylic acid groups (broad SMARTS) is 1. The summed E-state index contributed by atoms with van der Waals surface area (Å²) >= 11 is 0. The average molecular weight is 322 g/mol. The highest BCUT2D eigenvalue weighted by molar-refractivity contribution is 5.88. The quantitative estimate of drug-likeness (QED) is 0.216. The second-order valence-electron chi connectivity index (χ2n) is 6.41. The first kappa shape index (κ1) is 21.7. The highest BCUT2D eigenvalue weighted by atomic mass is 16.4. The maximum absolute atomic E-state index is 11.4. The molecular formula is C20H35NO2. The maximum Gasteiger partial charge on any atom is 0.332 e. The largest absolute Gasteiger partial charge is 0.478 e. The van der Waals surface area contributed by atoms with Crippen LogP contribution in [0.1, 0.15) is 104 Å². The number of carbonyl (C=O) groups is 1. The van der Waals surface area contributed by atoms with E-state index >= 15 is 0 Å². The summed E-state index contributed by atoms with van der Waals surface area (Å²) in [6, 6.07) is 2.15. The van der Waals surface area contributed by atoms with E-state index in [1.54, 1.807) is 0 Å². The molecule has 0 bridgehead atoms. The van der Waals surface area contributed by atoms with Gasteiger partial charge in [0.2, 0.25) is 0 Å². The van der Waals surface area contributed by atoms with Crippen molar-refractivity contribution >= 4 is 5.97 Å². The van der Waals surface area contributed by atoms with Crippen molar-refractivity contribution in [2.45, 2.75) is 104 Å². The summed E-state index contributed by atoms with van der Waals surface area (Å²) < 4.78 is 0. The Hall–Kier alpha value is -1.30. The minimum absolute atomic E-state index is 0.358. The summed E-state index contributed by atoms with van der Waals surface area (Å²) in [5.41, 5.74) is 0.859. The first-order valence-corrected chi connectivity index (χ1v) is 9.52. The van der Waals surface area contributed by atoms with Gasteiger partial charge in [0, 0.05) is 5.57 Å². The molecule has 0 rings (SSSR count). The summed E-state index contributed by atoms with van der Waals surface area (Å²) in [5, 5.41) is 18.7. The van der Waals surface area contributed by atoms with Gasteiger partial charge in [0.05, 0.1) is 11.6 Å². The maximum atomic E-state index is 11.4. The highest BCUT2D eigenvalue weighted by Crippen LogP contribution is 2.20. The van der Waals surface area contributed by atoms with Crippen LogP contribution in [-0.4, -0.2) is 11.1 Å². The van der Waals surface area contributed by atoms with Gasteiger partial charge in [-0.1, -0.05) is 78.1 Å². The molecule has 0 aromatic heterocycles. The monoisotopic (exact) mass is 321 g/mol. The fraction of sp³-hybridized carbons (Fsp3) is 0.800. The van der Waals surface area contributed by atoms with Crippen LogP contribution in [0.3, 0.4) is 0 Å². The first-order chi connectivity index (χ1) is 11.2. The van der Waals surface area contributed by atoms with E-state index in [4.69, 9.17) is 0 Å². The van der Waals surface area contributed by atoms with Crippen molar-refractivity contribution in [2.24, 2.45) is 0 Å². The number of carboxylic acids is 1. The van der Waals surface area contributed by atoms with Crippen molar-refractivity contribution in [3.63, 3.8) is 0 Å². The van der Waals surface area contributed by atoms with Gasteiger partial charge in [-0.15, -0.1) is 0 Å². The third kappa shape index (κ3) is 11.9. The van der Waals surface area contributed by atoms with Crippen LogP contribution in [-0.2, 0) is 4.79 Å². The van der Waals surface area contributed by atoms with E-state index in [9.17, 15) is 15.2 Å². The molecule has 0 aromatic rings. The SMILES string of the molecule is CCCCCCCCC(C#N)=C(CCCCCCCC)C(=O)O. The topological polar surface area (TPSA) is 61.1 Å². The van der Waals surface area contributed by atoms with E-state index in [-0.39, 0.29) is 0 Å². The Bertz CT molecular complexity index is 380. The molecule has 0 aromatic carbocycles. The van der Waals surface area contributed by atoms with Crippen molar-refractivity contribution in [2.75, 3.05) is 0 Å². The molecule has 0 aliphatic heterocycles. The van der Waals surface area contributed by atoms with Gasteiger partial charge < -0.3 is 5.11 Å². The lowest BCUT2D eigenvalue weighted by Crippen LogP contribution is -2.05. The minimum atomic E-state index is -0.902. The second kappa shape index (κ2) is 15.6. The van der Waals surface area contributed by atoms with Crippen LogP contribution >= 0.6 is 0 Å². The fourth-order valence-corrected chi connectivity index (χ4v) is 2.83. The zero-order valence-corrected chi connectivity index (χ0v) is 15.2. The number of aliphatic carboxylic acids is 1. The van der Waals surface area contributed by atoms with Crippen LogP contribution in [0.4, 0.5) is 0 Å². The highest BCUT2D eigenvalue weighted by Gasteiger charge is 2.13. The number of allylic oxidation sites excluding steroid dienone is 1. The Kier molecular flexibility index (Phi) is 14.7. The van der Waals surface area contributed by atoms with Gasteiger partial charge in [-0.3, -0.25) is 0 Å². The van der Waals surface area contributed by atoms with E-state index < -0.39 is 5.97 Å². The number of nitrogens with zero attached hydrogens (tertiary/aromatic N) is 1. The van der Waals surface area contributed by atoms with Crippen LogP contribution < -0.4 is 0 Å². The van der Waals surface area contributed by atoms with Crippen molar-refractivity contribution in [3.05, 3.63) is 11.1 Å². The van der Waals surface area contributed by atoms with E-state index in [1.807, 2.05) is 0 Å². The Morgan fingerprint density at radius 3 is 1.65 bits per heavy atom. The molecule has 0 saturated heterocycles. The number of unbranched alkanes of at least 4 members (excludes halogenated alkanes) is 10. The first-order valence-electron chi connectivity index (χ1n) is 9.52. The summed E-state index contributed by atoms with van der Waals surface area (Å²) in [6.45, 7) is 4.38. The molecule has 0 saturated carbocycles. The normalized spacial score (nSPS) is 11.9. The number of hydrogen-bond donors (Lipinski definition) is 1. The average Bonchev–Trinajstić information content (AvgIpc) is 2.54. The molecule has 0 fully saturated rings. The smallest absolute Gasteiger partial charge is 0.332 e. The lowest BCUT2D eigenvalue weighted by molar-refractivity contribution is -0.132. The zero-order valence-electron chi connectivity index (χ0n) is 15.2. The molecule has 0 unspecified atom stereocenters. The van der Waals surface area contributed by atoms with Gasteiger partial charge in [-0.05, 0) is 25.7 Å².